The number of halogens is 1. The van der Waals surface area contributed by atoms with Gasteiger partial charge >= 0.3 is 0 Å². The summed E-state index contributed by atoms with van der Waals surface area (Å²) in [6, 6.07) is 4.66. The predicted molar refractivity (Wildman–Crippen MR) is 87.8 cm³/mol. The van der Waals surface area contributed by atoms with Crippen LogP contribution in [0.4, 0.5) is 4.39 Å². The molecule has 1 aromatic carbocycles. The molecule has 1 saturated carbocycles. The minimum atomic E-state index is -3.67. The second-order valence-electron chi connectivity index (χ2n) is 6.39. The van der Waals surface area contributed by atoms with Crippen molar-refractivity contribution in [3.63, 3.8) is 0 Å². The summed E-state index contributed by atoms with van der Waals surface area (Å²) >= 11 is 0. The van der Waals surface area contributed by atoms with Crippen LogP contribution in [0.1, 0.15) is 25.7 Å². The zero-order chi connectivity index (χ0) is 17.4. The standard InChI is InChI=1S/C15H21FN2O4S2/c16-13-1-3-14(4-2-13)23(19,20)17-11-12-7-9-18(10-8-12)24(21,22)15-5-6-15/h1-4,12,15,17H,5-11H2. The molecule has 0 amide bonds. The van der Waals surface area contributed by atoms with E-state index in [-0.39, 0.29) is 22.6 Å². The van der Waals surface area contributed by atoms with Gasteiger partial charge in [-0.25, -0.2) is 30.3 Å². The fraction of sp³-hybridized carbons (Fsp3) is 0.600. The van der Waals surface area contributed by atoms with E-state index in [1.54, 1.807) is 0 Å². The molecule has 24 heavy (non-hydrogen) atoms. The van der Waals surface area contributed by atoms with Crippen molar-refractivity contribution in [2.45, 2.75) is 35.8 Å². The van der Waals surface area contributed by atoms with Gasteiger partial charge in [0.25, 0.3) is 0 Å². The molecule has 0 atom stereocenters. The highest BCUT2D eigenvalue weighted by Crippen LogP contribution is 2.33. The molecule has 0 spiro atoms. The number of hydrogen-bond acceptors (Lipinski definition) is 4. The monoisotopic (exact) mass is 376 g/mol. The minimum Gasteiger partial charge on any atom is -0.212 e. The van der Waals surface area contributed by atoms with Crippen LogP contribution in [0.15, 0.2) is 29.2 Å². The van der Waals surface area contributed by atoms with Crippen LogP contribution in [0.5, 0.6) is 0 Å². The smallest absolute Gasteiger partial charge is 0.212 e. The summed E-state index contributed by atoms with van der Waals surface area (Å²) in [6.07, 6.45) is 2.77. The Hall–Kier alpha value is -1.03. The molecular weight excluding hydrogens is 355 g/mol. The van der Waals surface area contributed by atoms with Crippen molar-refractivity contribution >= 4 is 20.0 Å². The Labute approximate surface area is 142 Å². The van der Waals surface area contributed by atoms with Crippen molar-refractivity contribution in [2.75, 3.05) is 19.6 Å². The lowest BCUT2D eigenvalue weighted by molar-refractivity contribution is 0.274. The number of benzene rings is 1. The molecular formula is C15H21FN2O4S2. The maximum Gasteiger partial charge on any atom is 0.240 e. The van der Waals surface area contributed by atoms with E-state index in [9.17, 15) is 21.2 Å². The third-order valence-electron chi connectivity index (χ3n) is 4.56. The lowest BCUT2D eigenvalue weighted by Crippen LogP contribution is -2.42. The van der Waals surface area contributed by atoms with Gasteiger partial charge in [-0.15, -0.1) is 0 Å². The van der Waals surface area contributed by atoms with Crippen LogP contribution in [0.2, 0.25) is 0 Å². The summed E-state index contributed by atoms with van der Waals surface area (Å²) < 4.78 is 65.6. The molecule has 134 valence electrons. The fourth-order valence-corrected chi connectivity index (χ4v) is 5.86. The summed E-state index contributed by atoms with van der Waals surface area (Å²) in [6.45, 7) is 1.15. The van der Waals surface area contributed by atoms with Crippen molar-refractivity contribution in [2.24, 2.45) is 5.92 Å². The lowest BCUT2D eigenvalue weighted by atomic mass is 9.99. The highest BCUT2D eigenvalue weighted by atomic mass is 32.2. The van der Waals surface area contributed by atoms with Gasteiger partial charge in [-0.1, -0.05) is 0 Å². The molecule has 1 saturated heterocycles. The van der Waals surface area contributed by atoms with Gasteiger partial charge < -0.3 is 0 Å². The van der Waals surface area contributed by atoms with Crippen LogP contribution in [0.25, 0.3) is 0 Å². The Morgan fingerprint density at radius 3 is 2.12 bits per heavy atom. The van der Waals surface area contributed by atoms with E-state index in [0.717, 1.165) is 25.0 Å². The second kappa shape index (κ2) is 6.70. The van der Waals surface area contributed by atoms with Gasteiger partial charge in [-0.05, 0) is 55.9 Å². The van der Waals surface area contributed by atoms with Gasteiger partial charge in [0.05, 0.1) is 10.1 Å². The zero-order valence-corrected chi connectivity index (χ0v) is 14.8. The largest absolute Gasteiger partial charge is 0.240 e. The summed E-state index contributed by atoms with van der Waals surface area (Å²) in [5.41, 5.74) is 0. The molecule has 0 unspecified atom stereocenters. The topological polar surface area (TPSA) is 83.6 Å². The molecule has 0 bridgehead atoms. The Balaban J connectivity index is 1.52. The van der Waals surface area contributed by atoms with Crippen LogP contribution in [-0.2, 0) is 20.0 Å². The molecule has 9 heteroatoms. The van der Waals surface area contributed by atoms with Gasteiger partial charge in [-0.2, -0.15) is 0 Å². The van der Waals surface area contributed by atoms with Crippen LogP contribution in [0, 0.1) is 11.7 Å². The molecule has 1 N–H and O–H groups in total. The van der Waals surface area contributed by atoms with Gasteiger partial charge in [0.1, 0.15) is 5.82 Å². The number of rotatable bonds is 6. The van der Waals surface area contributed by atoms with E-state index in [2.05, 4.69) is 4.72 Å². The van der Waals surface area contributed by atoms with Crippen molar-refractivity contribution in [3.8, 4) is 0 Å². The van der Waals surface area contributed by atoms with Gasteiger partial charge in [-0.3, -0.25) is 0 Å². The number of sulfonamides is 2. The van der Waals surface area contributed by atoms with E-state index in [0.29, 0.717) is 25.9 Å². The molecule has 1 aliphatic carbocycles. The molecule has 1 heterocycles. The van der Waals surface area contributed by atoms with Crippen molar-refractivity contribution in [3.05, 3.63) is 30.1 Å². The number of nitrogens with zero attached hydrogens (tertiary/aromatic N) is 1. The fourth-order valence-electron chi connectivity index (χ4n) is 2.87. The molecule has 0 aromatic heterocycles. The molecule has 1 aliphatic heterocycles. The van der Waals surface area contributed by atoms with E-state index < -0.39 is 25.9 Å². The Morgan fingerprint density at radius 2 is 1.58 bits per heavy atom. The van der Waals surface area contributed by atoms with E-state index in [1.165, 1.54) is 16.4 Å². The van der Waals surface area contributed by atoms with E-state index in [4.69, 9.17) is 0 Å². The molecule has 0 radical (unpaired) electrons. The molecule has 1 aromatic rings. The quantitative estimate of drug-likeness (QED) is 0.811. The Morgan fingerprint density at radius 1 is 1.00 bits per heavy atom. The van der Waals surface area contributed by atoms with Gasteiger partial charge in [0, 0.05) is 19.6 Å². The molecule has 6 nitrogen and oxygen atoms in total. The second-order valence-corrected chi connectivity index (χ2v) is 10.4. The zero-order valence-electron chi connectivity index (χ0n) is 13.2. The minimum absolute atomic E-state index is 0.0256. The predicted octanol–water partition coefficient (Wildman–Crippen LogP) is 1.31. The maximum absolute atomic E-state index is 12.9. The summed E-state index contributed by atoms with van der Waals surface area (Å²) in [5.74, 6) is -0.385. The molecule has 2 fully saturated rings. The number of piperidine rings is 1. The Bertz CT molecular complexity index is 781. The Kier molecular flexibility index (Phi) is 4.96. The summed E-state index contributed by atoms with van der Waals surface area (Å²) in [5, 5.41) is -0.203. The first-order chi connectivity index (χ1) is 11.3. The summed E-state index contributed by atoms with van der Waals surface area (Å²) in [4.78, 5) is 0.0256. The van der Waals surface area contributed by atoms with Crippen molar-refractivity contribution < 1.29 is 21.2 Å². The molecule has 2 aliphatic rings. The van der Waals surface area contributed by atoms with E-state index >= 15 is 0 Å². The molecule has 3 rings (SSSR count). The van der Waals surface area contributed by atoms with Crippen molar-refractivity contribution in [1.29, 1.82) is 0 Å². The van der Waals surface area contributed by atoms with Gasteiger partial charge in [0.2, 0.25) is 20.0 Å². The first-order valence-electron chi connectivity index (χ1n) is 8.03. The van der Waals surface area contributed by atoms with Crippen molar-refractivity contribution in [1.82, 2.24) is 9.03 Å². The van der Waals surface area contributed by atoms with E-state index in [1.807, 2.05) is 0 Å². The number of nitrogens with one attached hydrogen (secondary N) is 1. The normalized spacial score (nSPS) is 21.0. The van der Waals surface area contributed by atoms with Crippen LogP contribution < -0.4 is 4.72 Å². The average Bonchev–Trinajstić information content (AvgIpc) is 3.39. The highest BCUT2D eigenvalue weighted by Gasteiger charge is 2.41. The maximum atomic E-state index is 12.9. The first kappa shape index (κ1) is 17.8. The third-order valence-corrected chi connectivity index (χ3v) is 8.40. The highest BCUT2D eigenvalue weighted by molar-refractivity contribution is 7.90. The summed E-state index contributed by atoms with van der Waals surface area (Å²) in [7, 11) is -6.81. The van der Waals surface area contributed by atoms with Crippen LogP contribution >= 0.6 is 0 Å². The van der Waals surface area contributed by atoms with Gasteiger partial charge in [0.15, 0.2) is 0 Å². The SMILES string of the molecule is O=S(=O)(NCC1CCN(S(=O)(=O)C2CC2)CC1)c1ccc(F)cc1. The number of hydrogen-bond donors (Lipinski definition) is 1. The lowest BCUT2D eigenvalue weighted by Gasteiger charge is -2.31. The van der Waals surface area contributed by atoms with Crippen LogP contribution in [0.3, 0.4) is 0 Å². The average molecular weight is 376 g/mol. The van der Waals surface area contributed by atoms with Crippen LogP contribution in [-0.4, -0.2) is 46.0 Å². The third kappa shape index (κ3) is 3.96. The first-order valence-corrected chi connectivity index (χ1v) is 11.0.